The number of furan rings is 1. The van der Waals surface area contributed by atoms with Crippen molar-refractivity contribution in [3.63, 3.8) is 0 Å². The number of carbonyl (C=O) groups excluding carboxylic acids is 1. The molecular formula is C20H25NO4. The highest BCUT2D eigenvalue weighted by atomic mass is 16.5. The molecule has 0 aliphatic carbocycles. The summed E-state index contributed by atoms with van der Waals surface area (Å²) in [5.74, 6) is 1.69. The van der Waals surface area contributed by atoms with E-state index in [2.05, 4.69) is 5.32 Å². The summed E-state index contributed by atoms with van der Waals surface area (Å²) in [7, 11) is 0. The van der Waals surface area contributed by atoms with Crippen molar-refractivity contribution in [1.29, 1.82) is 0 Å². The van der Waals surface area contributed by atoms with E-state index in [0.29, 0.717) is 29.6 Å². The second-order valence-electron chi connectivity index (χ2n) is 7.14. The highest BCUT2D eigenvalue weighted by Gasteiger charge is 2.34. The summed E-state index contributed by atoms with van der Waals surface area (Å²) in [6.45, 7) is 4.95. The SMILES string of the molecule is Cc1cc2cccc(C(=O)N[C@H]3CCOC[C@H]3C3CCOCC3)c2o1. The molecule has 1 amide bonds. The van der Waals surface area contributed by atoms with Gasteiger partial charge in [-0.05, 0) is 44.2 Å². The normalized spacial score (nSPS) is 25.2. The van der Waals surface area contributed by atoms with Crippen molar-refractivity contribution in [2.75, 3.05) is 26.4 Å². The second-order valence-corrected chi connectivity index (χ2v) is 7.14. The number of rotatable bonds is 3. The number of hydrogen-bond acceptors (Lipinski definition) is 4. The van der Waals surface area contributed by atoms with Gasteiger partial charge in [0.1, 0.15) is 11.3 Å². The lowest BCUT2D eigenvalue weighted by Gasteiger charge is -2.39. The molecule has 1 aromatic heterocycles. The van der Waals surface area contributed by atoms with E-state index >= 15 is 0 Å². The molecular weight excluding hydrogens is 318 g/mol. The van der Waals surface area contributed by atoms with E-state index in [0.717, 1.165) is 50.2 Å². The van der Waals surface area contributed by atoms with Gasteiger partial charge < -0.3 is 19.2 Å². The van der Waals surface area contributed by atoms with Crippen LogP contribution in [0.15, 0.2) is 28.7 Å². The lowest BCUT2D eigenvalue weighted by atomic mass is 9.79. The van der Waals surface area contributed by atoms with Gasteiger partial charge in [-0.15, -0.1) is 0 Å². The van der Waals surface area contributed by atoms with E-state index in [9.17, 15) is 4.79 Å². The second kappa shape index (κ2) is 7.18. The molecule has 2 atom stereocenters. The van der Waals surface area contributed by atoms with Gasteiger partial charge in [-0.2, -0.15) is 0 Å². The molecule has 2 fully saturated rings. The molecule has 25 heavy (non-hydrogen) atoms. The fraction of sp³-hybridized carbons (Fsp3) is 0.550. The summed E-state index contributed by atoms with van der Waals surface area (Å²) < 4.78 is 17.0. The van der Waals surface area contributed by atoms with Gasteiger partial charge >= 0.3 is 0 Å². The Morgan fingerprint density at radius 2 is 1.92 bits per heavy atom. The van der Waals surface area contributed by atoms with Crippen molar-refractivity contribution >= 4 is 16.9 Å². The van der Waals surface area contributed by atoms with E-state index < -0.39 is 0 Å². The van der Waals surface area contributed by atoms with Crippen LogP contribution in [-0.2, 0) is 9.47 Å². The molecule has 5 heteroatoms. The Hall–Kier alpha value is -1.85. The minimum absolute atomic E-state index is 0.0519. The molecule has 2 aromatic rings. The predicted molar refractivity (Wildman–Crippen MR) is 94.7 cm³/mol. The van der Waals surface area contributed by atoms with Crippen LogP contribution in [0.2, 0.25) is 0 Å². The van der Waals surface area contributed by atoms with Gasteiger partial charge in [-0.25, -0.2) is 0 Å². The van der Waals surface area contributed by atoms with E-state index in [-0.39, 0.29) is 11.9 Å². The molecule has 1 N–H and O–H groups in total. The van der Waals surface area contributed by atoms with Gasteiger partial charge in [0.2, 0.25) is 0 Å². The largest absolute Gasteiger partial charge is 0.461 e. The summed E-state index contributed by atoms with van der Waals surface area (Å²) >= 11 is 0. The maximum Gasteiger partial charge on any atom is 0.255 e. The number of hydrogen-bond donors (Lipinski definition) is 1. The first kappa shape index (κ1) is 16.6. The Balaban J connectivity index is 1.53. The summed E-state index contributed by atoms with van der Waals surface area (Å²) in [5.41, 5.74) is 1.29. The Bertz CT molecular complexity index is 747. The summed E-state index contributed by atoms with van der Waals surface area (Å²) in [6, 6.07) is 7.83. The molecule has 0 spiro atoms. The average molecular weight is 343 g/mol. The minimum atomic E-state index is -0.0519. The van der Waals surface area contributed by atoms with Gasteiger partial charge in [0, 0.05) is 37.2 Å². The summed E-state index contributed by atoms with van der Waals surface area (Å²) in [4.78, 5) is 12.9. The molecule has 134 valence electrons. The fourth-order valence-electron chi connectivity index (χ4n) is 4.16. The van der Waals surface area contributed by atoms with Crippen LogP contribution in [0, 0.1) is 18.8 Å². The Kier molecular flexibility index (Phi) is 4.77. The molecule has 2 aliphatic heterocycles. The van der Waals surface area contributed by atoms with Crippen molar-refractivity contribution < 1.29 is 18.7 Å². The molecule has 0 unspecified atom stereocenters. The van der Waals surface area contributed by atoms with Gasteiger partial charge in [0.15, 0.2) is 0 Å². The molecule has 0 saturated carbocycles. The van der Waals surface area contributed by atoms with Crippen LogP contribution >= 0.6 is 0 Å². The molecule has 2 aliphatic rings. The van der Waals surface area contributed by atoms with Crippen LogP contribution < -0.4 is 5.32 Å². The first-order chi connectivity index (χ1) is 12.2. The molecule has 0 bridgehead atoms. The van der Waals surface area contributed by atoms with Gasteiger partial charge in [-0.3, -0.25) is 4.79 Å². The first-order valence-corrected chi connectivity index (χ1v) is 9.18. The zero-order valence-electron chi connectivity index (χ0n) is 14.6. The van der Waals surface area contributed by atoms with E-state index in [1.165, 1.54) is 0 Å². The Morgan fingerprint density at radius 1 is 1.12 bits per heavy atom. The van der Waals surface area contributed by atoms with Crippen LogP contribution in [0.5, 0.6) is 0 Å². The number of carbonyl (C=O) groups is 1. The number of fused-ring (bicyclic) bond motifs is 1. The Morgan fingerprint density at radius 3 is 2.76 bits per heavy atom. The van der Waals surface area contributed by atoms with Crippen LogP contribution in [0.4, 0.5) is 0 Å². The van der Waals surface area contributed by atoms with Gasteiger partial charge in [-0.1, -0.05) is 12.1 Å². The van der Waals surface area contributed by atoms with Gasteiger partial charge in [0.25, 0.3) is 5.91 Å². The van der Waals surface area contributed by atoms with Gasteiger partial charge in [0.05, 0.1) is 12.2 Å². The number of amides is 1. The first-order valence-electron chi connectivity index (χ1n) is 9.18. The lowest BCUT2D eigenvalue weighted by Crippen LogP contribution is -2.49. The quantitative estimate of drug-likeness (QED) is 0.929. The average Bonchev–Trinajstić information content (AvgIpc) is 3.03. The van der Waals surface area contributed by atoms with Crippen LogP contribution in [0.1, 0.15) is 35.4 Å². The van der Waals surface area contributed by atoms with Crippen molar-refractivity contribution in [2.45, 2.75) is 32.2 Å². The van der Waals surface area contributed by atoms with Crippen molar-refractivity contribution in [2.24, 2.45) is 11.8 Å². The zero-order valence-corrected chi connectivity index (χ0v) is 14.6. The number of nitrogens with one attached hydrogen (secondary N) is 1. The smallest absolute Gasteiger partial charge is 0.255 e. The topological polar surface area (TPSA) is 60.7 Å². The predicted octanol–water partition coefficient (Wildman–Crippen LogP) is 3.30. The standard InChI is InChI=1S/C20H25NO4/c1-13-11-15-3-2-4-16(19(15)25-13)20(22)21-18-7-10-24-12-17(18)14-5-8-23-9-6-14/h2-4,11,14,17-18H,5-10,12H2,1H3,(H,21,22)/t17-,18-/m0/s1. The zero-order chi connectivity index (χ0) is 17.2. The molecule has 4 rings (SSSR count). The molecule has 1 aromatic carbocycles. The highest BCUT2D eigenvalue weighted by molar-refractivity contribution is 6.05. The number of para-hydroxylation sites is 1. The minimum Gasteiger partial charge on any atom is -0.461 e. The van der Waals surface area contributed by atoms with Crippen molar-refractivity contribution in [3.05, 3.63) is 35.6 Å². The lowest BCUT2D eigenvalue weighted by molar-refractivity contribution is -0.0259. The molecule has 5 nitrogen and oxygen atoms in total. The monoisotopic (exact) mass is 343 g/mol. The van der Waals surface area contributed by atoms with E-state index in [4.69, 9.17) is 13.9 Å². The van der Waals surface area contributed by atoms with E-state index in [1.54, 1.807) is 0 Å². The number of aryl methyl sites for hydroxylation is 1. The van der Waals surface area contributed by atoms with Crippen LogP contribution in [0.25, 0.3) is 11.0 Å². The number of ether oxygens (including phenoxy) is 2. The maximum absolute atomic E-state index is 12.9. The summed E-state index contributed by atoms with van der Waals surface area (Å²) in [6.07, 6.45) is 2.96. The fourth-order valence-corrected chi connectivity index (χ4v) is 4.16. The summed E-state index contributed by atoms with van der Waals surface area (Å²) in [5, 5.41) is 4.23. The highest BCUT2D eigenvalue weighted by Crippen LogP contribution is 2.31. The third-order valence-corrected chi connectivity index (χ3v) is 5.50. The molecule has 2 saturated heterocycles. The van der Waals surface area contributed by atoms with E-state index in [1.807, 2.05) is 31.2 Å². The van der Waals surface area contributed by atoms with Crippen LogP contribution in [-0.4, -0.2) is 38.4 Å². The third kappa shape index (κ3) is 3.44. The molecule has 0 radical (unpaired) electrons. The third-order valence-electron chi connectivity index (χ3n) is 5.50. The van der Waals surface area contributed by atoms with Crippen LogP contribution in [0.3, 0.4) is 0 Å². The number of benzene rings is 1. The van der Waals surface area contributed by atoms with Crippen molar-refractivity contribution in [3.8, 4) is 0 Å². The Labute approximate surface area is 147 Å². The van der Waals surface area contributed by atoms with Crippen molar-refractivity contribution in [1.82, 2.24) is 5.32 Å². The maximum atomic E-state index is 12.9. The molecule has 3 heterocycles.